The van der Waals surface area contributed by atoms with E-state index in [0.29, 0.717) is 23.3 Å². The zero-order valence-corrected chi connectivity index (χ0v) is 26.8. The Bertz CT molecular complexity index is 1620. The van der Waals surface area contributed by atoms with Gasteiger partial charge in [0.1, 0.15) is 17.2 Å². The van der Waals surface area contributed by atoms with Crippen LogP contribution in [0.15, 0.2) is 50.4 Å². The molecular weight excluding hydrogens is 656 g/mol. The normalized spacial score (nSPS) is 18.3. The largest absolute Gasteiger partial charge is 0.468 e. The SMILES string of the molecule is Cc1cc2c(cc1C1CCNCC1)OC(C)N2c1nc(Nc2ccccc2S(=O)C(C)C)c2c(Br)c(Br)[nH]c2n1. The summed E-state index contributed by atoms with van der Waals surface area (Å²) in [4.78, 5) is 16.1. The summed E-state index contributed by atoms with van der Waals surface area (Å²) in [6.45, 7) is 10.2. The molecule has 2 aliphatic rings. The first-order valence-corrected chi connectivity index (χ1v) is 16.3. The van der Waals surface area contributed by atoms with Gasteiger partial charge in [-0.25, -0.2) is 0 Å². The lowest BCUT2D eigenvalue weighted by atomic mass is 9.87. The summed E-state index contributed by atoms with van der Waals surface area (Å²) in [6.07, 6.45) is 1.98. The average molecular weight is 688 g/mol. The molecule has 0 radical (unpaired) electrons. The number of halogens is 2. The highest BCUT2D eigenvalue weighted by atomic mass is 79.9. The predicted octanol–water partition coefficient (Wildman–Crippen LogP) is 7.39. The third kappa shape index (κ3) is 4.95. The minimum atomic E-state index is -1.17. The van der Waals surface area contributed by atoms with Crippen LogP contribution in [-0.4, -0.2) is 43.7 Å². The van der Waals surface area contributed by atoms with Crippen LogP contribution in [0, 0.1) is 6.92 Å². The molecular formula is C29H32Br2N6O2S. The van der Waals surface area contributed by atoms with Gasteiger partial charge in [0.05, 0.1) is 41.5 Å². The maximum absolute atomic E-state index is 13.1. The van der Waals surface area contributed by atoms with Crippen LogP contribution in [0.4, 0.5) is 23.1 Å². The molecule has 6 rings (SSSR count). The van der Waals surface area contributed by atoms with E-state index in [2.05, 4.69) is 66.5 Å². The number of hydrogen-bond acceptors (Lipinski definition) is 7. The molecule has 0 bridgehead atoms. The second kappa shape index (κ2) is 11.1. The molecule has 2 aromatic heterocycles. The summed E-state index contributed by atoms with van der Waals surface area (Å²) in [5, 5.41) is 7.72. The number of nitrogens with one attached hydrogen (secondary N) is 3. The van der Waals surface area contributed by atoms with Gasteiger partial charge < -0.3 is 20.4 Å². The first kappa shape index (κ1) is 27.7. The predicted molar refractivity (Wildman–Crippen MR) is 169 cm³/mol. The molecule has 2 aliphatic heterocycles. The highest BCUT2D eigenvalue weighted by Crippen LogP contribution is 2.46. The van der Waals surface area contributed by atoms with E-state index < -0.39 is 10.8 Å². The highest BCUT2D eigenvalue weighted by molar-refractivity contribution is 9.13. The third-order valence-electron chi connectivity index (χ3n) is 7.59. The molecule has 11 heteroatoms. The van der Waals surface area contributed by atoms with Crippen LogP contribution < -0.4 is 20.3 Å². The molecule has 0 aliphatic carbocycles. The summed E-state index contributed by atoms with van der Waals surface area (Å²) < 4.78 is 21.1. The lowest BCUT2D eigenvalue weighted by Gasteiger charge is -2.25. The molecule has 8 nitrogen and oxygen atoms in total. The molecule has 0 spiro atoms. The lowest BCUT2D eigenvalue weighted by molar-refractivity contribution is 0.254. The Balaban J connectivity index is 1.45. The molecule has 1 fully saturated rings. The van der Waals surface area contributed by atoms with E-state index in [1.54, 1.807) is 0 Å². The maximum Gasteiger partial charge on any atom is 0.237 e. The van der Waals surface area contributed by atoms with Gasteiger partial charge >= 0.3 is 0 Å². The molecule has 0 amide bonds. The van der Waals surface area contributed by atoms with E-state index in [1.807, 2.05) is 49.9 Å². The molecule has 3 N–H and O–H groups in total. The number of anilines is 4. The zero-order valence-electron chi connectivity index (χ0n) is 22.8. The quantitative estimate of drug-likeness (QED) is 0.195. The molecule has 40 heavy (non-hydrogen) atoms. The van der Waals surface area contributed by atoms with Gasteiger partial charge in [0.2, 0.25) is 5.95 Å². The number of aromatic nitrogens is 3. The summed E-state index contributed by atoms with van der Waals surface area (Å²) in [5.41, 5.74) is 4.98. The van der Waals surface area contributed by atoms with Crippen molar-refractivity contribution in [2.24, 2.45) is 0 Å². The average Bonchev–Trinajstić information content (AvgIpc) is 3.42. The van der Waals surface area contributed by atoms with Crippen molar-refractivity contribution >= 4 is 76.8 Å². The van der Waals surface area contributed by atoms with Crippen LogP contribution in [0.1, 0.15) is 50.7 Å². The minimum Gasteiger partial charge on any atom is -0.468 e. The monoisotopic (exact) mass is 686 g/mol. The number of para-hydroxylation sites is 1. The van der Waals surface area contributed by atoms with Gasteiger partial charge in [-0.15, -0.1) is 0 Å². The molecule has 0 saturated carbocycles. The molecule has 4 heterocycles. The van der Waals surface area contributed by atoms with Crippen molar-refractivity contribution in [2.45, 2.75) is 62.8 Å². The summed E-state index contributed by atoms with van der Waals surface area (Å²) in [6, 6.07) is 12.1. The second-order valence-corrected chi connectivity index (χ2v) is 14.2. The van der Waals surface area contributed by atoms with Gasteiger partial charge in [-0.1, -0.05) is 26.0 Å². The Labute approximate surface area is 253 Å². The fourth-order valence-electron chi connectivity index (χ4n) is 5.59. The first-order chi connectivity index (χ1) is 19.2. The molecule has 210 valence electrons. The topological polar surface area (TPSA) is 95.2 Å². The van der Waals surface area contributed by atoms with E-state index >= 15 is 0 Å². The van der Waals surface area contributed by atoms with Crippen LogP contribution in [0.5, 0.6) is 5.75 Å². The van der Waals surface area contributed by atoms with Crippen LogP contribution >= 0.6 is 31.9 Å². The van der Waals surface area contributed by atoms with Crippen molar-refractivity contribution < 1.29 is 8.95 Å². The van der Waals surface area contributed by atoms with Gasteiger partial charge in [-0.05, 0) is 113 Å². The van der Waals surface area contributed by atoms with Crippen molar-refractivity contribution in [1.82, 2.24) is 20.3 Å². The van der Waals surface area contributed by atoms with E-state index in [4.69, 9.17) is 14.7 Å². The number of ether oxygens (including phenoxy) is 1. The summed E-state index contributed by atoms with van der Waals surface area (Å²) in [7, 11) is -1.17. The van der Waals surface area contributed by atoms with Gasteiger partial charge in [0.15, 0.2) is 6.23 Å². The Morgan fingerprint density at radius 2 is 1.90 bits per heavy atom. The Morgan fingerprint density at radius 3 is 2.65 bits per heavy atom. The number of benzene rings is 2. The Morgan fingerprint density at radius 1 is 1.15 bits per heavy atom. The fourth-order valence-corrected chi connectivity index (χ4v) is 7.50. The van der Waals surface area contributed by atoms with Crippen molar-refractivity contribution in [1.29, 1.82) is 0 Å². The lowest BCUT2D eigenvalue weighted by Crippen LogP contribution is -2.29. The van der Waals surface area contributed by atoms with E-state index in [-0.39, 0.29) is 11.5 Å². The van der Waals surface area contributed by atoms with Crippen molar-refractivity contribution in [3.63, 3.8) is 0 Å². The van der Waals surface area contributed by atoms with Gasteiger partial charge in [0.25, 0.3) is 0 Å². The Hall–Kier alpha value is -2.47. The van der Waals surface area contributed by atoms with E-state index in [9.17, 15) is 4.21 Å². The standard InChI is InChI=1S/C29H32Br2N6O2S/c1-15(2)40(38)23-8-6-5-7-20(23)33-27-24-25(30)26(31)34-28(24)36-29(35-27)37-17(4)39-22-14-19(16(3)13-21(22)37)18-9-11-32-12-10-18/h5-8,13-15,17-18,32H,9-12H2,1-4H3,(H2,33,34,35,36). The number of hydrogen-bond donors (Lipinski definition) is 3. The highest BCUT2D eigenvalue weighted by Gasteiger charge is 2.34. The molecule has 1 saturated heterocycles. The van der Waals surface area contributed by atoms with Crippen LogP contribution in [-0.2, 0) is 10.8 Å². The van der Waals surface area contributed by atoms with Crippen molar-refractivity contribution in [2.75, 3.05) is 23.3 Å². The Kier molecular flexibility index (Phi) is 7.67. The van der Waals surface area contributed by atoms with Gasteiger partial charge in [-0.2, -0.15) is 9.97 Å². The number of H-pyrrole nitrogens is 1. The molecule has 2 atom stereocenters. The second-order valence-electron chi connectivity index (χ2n) is 10.6. The molecule has 4 aromatic rings. The smallest absolute Gasteiger partial charge is 0.237 e. The number of aromatic amines is 1. The van der Waals surface area contributed by atoms with Crippen molar-refractivity contribution in [3.05, 3.63) is 56.6 Å². The number of aryl methyl sites for hydroxylation is 1. The third-order valence-corrected chi connectivity index (χ3v) is 11.2. The van der Waals surface area contributed by atoms with Crippen LogP contribution in [0.2, 0.25) is 0 Å². The van der Waals surface area contributed by atoms with Gasteiger partial charge in [0, 0.05) is 5.25 Å². The van der Waals surface area contributed by atoms with E-state index in [0.717, 1.165) is 62.4 Å². The number of nitrogens with zero attached hydrogens (tertiary/aromatic N) is 3. The molecule has 2 aromatic carbocycles. The number of fused-ring (bicyclic) bond motifs is 2. The maximum atomic E-state index is 13.1. The zero-order chi connectivity index (χ0) is 28.1. The minimum absolute atomic E-state index is 0.0193. The number of rotatable bonds is 6. The number of piperidine rings is 1. The molecule has 2 unspecified atom stereocenters. The van der Waals surface area contributed by atoms with E-state index in [1.165, 1.54) is 11.1 Å². The summed E-state index contributed by atoms with van der Waals surface area (Å²) >= 11 is 7.28. The van der Waals surface area contributed by atoms with Crippen molar-refractivity contribution in [3.8, 4) is 5.75 Å². The van der Waals surface area contributed by atoms with Crippen LogP contribution in [0.3, 0.4) is 0 Å². The van der Waals surface area contributed by atoms with Crippen LogP contribution in [0.25, 0.3) is 11.0 Å². The van der Waals surface area contributed by atoms with Gasteiger partial charge in [-0.3, -0.25) is 9.11 Å². The summed E-state index contributed by atoms with van der Waals surface area (Å²) in [5.74, 6) is 2.51. The fraction of sp³-hybridized carbons (Fsp3) is 0.379. The first-order valence-electron chi connectivity index (χ1n) is 13.6.